The maximum Gasteiger partial charge on any atom is 0.0933 e. The van der Waals surface area contributed by atoms with Gasteiger partial charge in [0.25, 0.3) is 0 Å². The first-order chi connectivity index (χ1) is 12.4. The fourth-order valence-electron chi connectivity index (χ4n) is 3.67. The highest BCUT2D eigenvalue weighted by atomic mass is 32.1. The average Bonchev–Trinajstić information content (AvgIpc) is 3.33. The van der Waals surface area contributed by atoms with Gasteiger partial charge in [-0.1, -0.05) is 42.8 Å². The van der Waals surface area contributed by atoms with Gasteiger partial charge in [0.1, 0.15) is 0 Å². The number of hydrogen-bond acceptors (Lipinski definition) is 4. The smallest absolute Gasteiger partial charge is 0.0933 e. The van der Waals surface area contributed by atoms with E-state index in [1.165, 1.54) is 47.7 Å². The van der Waals surface area contributed by atoms with Crippen molar-refractivity contribution in [3.05, 3.63) is 63.8 Å². The van der Waals surface area contributed by atoms with Crippen molar-refractivity contribution in [3.8, 4) is 10.6 Å². The van der Waals surface area contributed by atoms with Crippen LogP contribution in [-0.4, -0.2) is 22.5 Å². The predicted molar refractivity (Wildman–Crippen MR) is 108 cm³/mol. The van der Waals surface area contributed by atoms with E-state index in [1.807, 2.05) is 11.3 Å². The van der Waals surface area contributed by atoms with Gasteiger partial charge in [-0.05, 0) is 42.8 Å². The predicted octanol–water partition coefficient (Wildman–Crippen LogP) is 5.86. The second kappa shape index (κ2) is 8.26. The average molecular weight is 369 g/mol. The van der Waals surface area contributed by atoms with Gasteiger partial charge < -0.3 is 0 Å². The molecule has 0 spiro atoms. The molecule has 1 saturated heterocycles. The third-order valence-corrected chi connectivity index (χ3v) is 6.80. The number of nitrogens with zero attached hydrogens (tertiary/aromatic N) is 2. The fraction of sp³-hybridized carbons (Fsp3) is 0.381. The number of aromatic nitrogens is 1. The number of likely N-dealkylation sites (tertiary alicyclic amines) is 1. The third-order valence-electron chi connectivity index (χ3n) is 4.99. The largest absolute Gasteiger partial charge is 0.296 e. The molecular weight excluding hydrogens is 344 g/mol. The molecule has 0 amide bonds. The summed E-state index contributed by atoms with van der Waals surface area (Å²) in [5.41, 5.74) is 2.59. The lowest BCUT2D eigenvalue weighted by atomic mass is 9.97. The Labute approximate surface area is 158 Å². The molecule has 0 N–H and O–H groups in total. The first-order valence-corrected chi connectivity index (χ1v) is 10.9. The van der Waals surface area contributed by atoms with Crippen molar-refractivity contribution in [1.29, 1.82) is 0 Å². The van der Waals surface area contributed by atoms with Crippen LogP contribution in [0.25, 0.3) is 10.6 Å². The molecule has 3 heterocycles. The lowest BCUT2D eigenvalue weighted by Gasteiger charge is -2.35. The lowest BCUT2D eigenvalue weighted by molar-refractivity contribution is 0.132. The van der Waals surface area contributed by atoms with Crippen molar-refractivity contribution >= 4 is 22.7 Å². The first-order valence-electron chi connectivity index (χ1n) is 9.15. The Morgan fingerprint density at radius 2 is 1.96 bits per heavy atom. The summed E-state index contributed by atoms with van der Waals surface area (Å²) in [6, 6.07) is 15.9. The van der Waals surface area contributed by atoms with E-state index in [9.17, 15) is 0 Å². The topological polar surface area (TPSA) is 16.1 Å². The highest BCUT2D eigenvalue weighted by Gasteiger charge is 2.22. The molecule has 4 rings (SSSR count). The second-order valence-corrected chi connectivity index (χ2v) is 8.64. The van der Waals surface area contributed by atoms with Crippen LogP contribution in [0.1, 0.15) is 36.3 Å². The van der Waals surface area contributed by atoms with Crippen LogP contribution in [0.4, 0.5) is 0 Å². The zero-order valence-electron chi connectivity index (χ0n) is 14.4. The van der Waals surface area contributed by atoms with Gasteiger partial charge >= 0.3 is 0 Å². The van der Waals surface area contributed by atoms with Gasteiger partial charge in [-0.15, -0.1) is 22.7 Å². The third kappa shape index (κ3) is 4.38. The van der Waals surface area contributed by atoms with E-state index in [4.69, 9.17) is 4.98 Å². The maximum atomic E-state index is 4.86. The molecule has 25 heavy (non-hydrogen) atoms. The van der Waals surface area contributed by atoms with E-state index in [-0.39, 0.29) is 0 Å². The minimum Gasteiger partial charge on any atom is -0.296 e. The summed E-state index contributed by atoms with van der Waals surface area (Å²) in [5.74, 6) is 0. The van der Waals surface area contributed by atoms with Gasteiger partial charge in [0.05, 0.1) is 15.6 Å². The monoisotopic (exact) mass is 368 g/mol. The number of benzene rings is 1. The lowest BCUT2D eigenvalue weighted by Crippen LogP contribution is -2.39. The zero-order valence-corrected chi connectivity index (χ0v) is 16.1. The molecule has 130 valence electrons. The van der Waals surface area contributed by atoms with Gasteiger partial charge in [-0.2, -0.15) is 0 Å². The number of thiazole rings is 1. The zero-order chi connectivity index (χ0) is 16.9. The molecule has 1 fully saturated rings. The van der Waals surface area contributed by atoms with E-state index < -0.39 is 0 Å². The normalized spacial score (nSPS) is 18.5. The van der Waals surface area contributed by atoms with Gasteiger partial charge in [-0.3, -0.25) is 4.90 Å². The molecule has 0 saturated carbocycles. The molecule has 1 atom stereocenters. The summed E-state index contributed by atoms with van der Waals surface area (Å²) in [5, 5.41) is 5.62. The minimum absolute atomic E-state index is 0.697. The van der Waals surface area contributed by atoms with Gasteiger partial charge in [-0.25, -0.2) is 4.98 Å². The maximum absolute atomic E-state index is 4.86. The van der Waals surface area contributed by atoms with E-state index in [0.29, 0.717) is 6.04 Å². The molecule has 1 unspecified atom stereocenters. The molecule has 1 aliphatic rings. The number of hydrogen-bond donors (Lipinski definition) is 0. The first kappa shape index (κ1) is 17.0. The number of piperidine rings is 1. The second-order valence-electron chi connectivity index (χ2n) is 6.75. The molecule has 0 radical (unpaired) electrons. The van der Waals surface area contributed by atoms with Crippen LogP contribution in [-0.2, 0) is 13.0 Å². The Kier molecular flexibility index (Phi) is 5.60. The molecule has 1 aromatic carbocycles. The molecule has 0 bridgehead atoms. The Morgan fingerprint density at radius 1 is 1.04 bits per heavy atom. The van der Waals surface area contributed by atoms with Crippen molar-refractivity contribution in [2.75, 3.05) is 6.54 Å². The Morgan fingerprint density at radius 3 is 2.80 bits per heavy atom. The Balaban J connectivity index is 1.37. The van der Waals surface area contributed by atoms with Crippen LogP contribution in [0.2, 0.25) is 0 Å². The van der Waals surface area contributed by atoms with E-state index in [2.05, 4.69) is 58.1 Å². The van der Waals surface area contributed by atoms with Crippen molar-refractivity contribution < 1.29 is 0 Å². The van der Waals surface area contributed by atoms with Crippen LogP contribution >= 0.6 is 22.7 Å². The van der Waals surface area contributed by atoms with Crippen LogP contribution in [0.5, 0.6) is 0 Å². The van der Waals surface area contributed by atoms with Crippen molar-refractivity contribution in [2.45, 2.75) is 44.7 Å². The summed E-state index contributed by atoms with van der Waals surface area (Å²) in [4.78, 5) is 8.83. The molecule has 0 aliphatic carbocycles. The molecule has 2 aromatic heterocycles. The molecule has 1 aliphatic heterocycles. The molecular formula is C21H24N2S2. The number of thiophene rings is 1. The summed E-state index contributed by atoms with van der Waals surface area (Å²) in [6.07, 6.45) is 6.36. The molecule has 3 aromatic rings. The number of aryl methyl sites for hydroxylation is 1. The van der Waals surface area contributed by atoms with Crippen molar-refractivity contribution in [2.24, 2.45) is 0 Å². The van der Waals surface area contributed by atoms with Crippen LogP contribution in [0.15, 0.2) is 53.2 Å². The van der Waals surface area contributed by atoms with Gasteiger partial charge in [0.15, 0.2) is 0 Å². The van der Waals surface area contributed by atoms with Crippen LogP contribution < -0.4 is 0 Å². The van der Waals surface area contributed by atoms with E-state index in [1.54, 1.807) is 11.3 Å². The Hall–Kier alpha value is -1.49. The van der Waals surface area contributed by atoms with E-state index >= 15 is 0 Å². The standard InChI is InChI=1S/C21H24N2S2/c1-2-7-17(8-3-1)15-23-13-5-4-9-18(23)11-12-21-22-19(16-25-21)20-10-6-14-24-20/h1-3,6-8,10,14,16,18H,4-5,9,11-13,15H2. The number of rotatable bonds is 6. The van der Waals surface area contributed by atoms with Crippen molar-refractivity contribution in [3.63, 3.8) is 0 Å². The van der Waals surface area contributed by atoms with Crippen LogP contribution in [0, 0.1) is 0 Å². The minimum atomic E-state index is 0.697. The summed E-state index contributed by atoms with van der Waals surface area (Å²) < 4.78 is 0. The van der Waals surface area contributed by atoms with Crippen LogP contribution in [0.3, 0.4) is 0 Å². The van der Waals surface area contributed by atoms with Gasteiger partial charge in [0, 0.05) is 24.4 Å². The molecule has 2 nitrogen and oxygen atoms in total. The van der Waals surface area contributed by atoms with Gasteiger partial charge in [0.2, 0.25) is 0 Å². The van der Waals surface area contributed by atoms with Crippen molar-refractivity contribution in [1.82, 2.24) is 9.88 Å². The SMILES string of the molecule is c1ccc(CN2CCCCC2CCc2nc(-c3cccs3)cs2)cc1. The summed E-state index contributed by atoms with van der Waals surface area (Å²) in [7, 11) is 0. The van der Waals surface area contributed by atoms with E-state index in [0.717, 1.165) is 18.7 Å². The fourth-order valence-corrected chi connectivity index (χ4v) is 5.24. The Bertz CT molecular complexity index is 764. The highest BCUT2D eigenvalue weighted by Crippen LogP contribution is 2.28. The highest BCUT2D eigenvalue weighted by molar-refractivity contribution is 7.14. The summed E-state index contributed by atoms with van der Waals surface area (Å²) in [6.45, 7) is 2.32. The molecule has 4 heteroatoms. The quantitative estimate of drug-likeness (QED) is 0.542. The summed E-state index contributed by atoms with van der Waals surface area (Å²) >= 11 is 3.59.